The zero-order valence-corrected chi connectivity index (χ0v) is 15.8. The van der Waals surface area contributed by atoms with Gasteiger partial charge in [-0.1, -0.05) is 12.1 Å². The number of oxazole rings is 1. The number of fused-ring (bicyclic) bond motifs is 1. The number of benzene rings is 1. The van der Waals surface area contributed by atoms with Crippen LogP contribution in [-0.4, -0.2) is 60.1 Å². The van der Waals surface area contributed by atoms with Crippen molar-refractivity contribution >= 4 is 28.5 Å². The molecule has 1 aromatic carbocycles. The van der Waals surface area contributed by atoms with Gasteiger partial charge in [0, 0.05) is 32.2 Å². The highest BCUT2D eigenvalue weighted by molar-refractivity contribution is 5.79. The molecule has 2 aromatic heterocycles. The predicted octanol–water partition coefficient (Wildman–Crippen LogP) is 0.449. The smallest absolute Gasteiger partial charge is 0.408 e. The first-order valence-electron chi connectivity index (χ1n) is 9.45. The number of aromatic nitrogens is 3. The molecule has 4 rings (SSSR count). The van der Waals surface area contributed by atoms with Crippen molar-refractivity contribution in [3.63, 3.8) is 0 Å². The zero-order chi connectivity index (χ0) is 20.1. The fourth-order valence-electron chi connectivity index (χ4n) is 3.19. The Bertz CT molecular complexity index is 1040. The molecule has 0 spiro atoms. The van der Waals surface area contributed by atoms with Crippen LogP contribution >= 0.6 is 0 Å². The van der Waals surface area contributed by atoms with E-state index in [4.69, 9.17) is 9.15 Å². The SMILES string of the molecule is O=C(Cn1c(=O)oc2ccccc21)NCCNc1cc(N2CCOCC2)cnn1. The summed E-state index contributed by atoms with van der Waals surface area (Å²) in [4.78, 5) is 26.3. The van der Waals surface area contributed by atoms with E-state index in [9.17, 15) is 9.59 Å². The van der Waals surface area contributed by atoms with Gasteiger partial charge in [0.25, 0.3) is 0 Å². The van der Waals surface area contributed by atoms with E-state index in [1.165, 1.54) is 4.57 Å². The van der Waals surface area contributed by atoms with Crippen LogP contribution in [0.2, 0.25) is 0 Å². The van der Waals surface area contributed by atoms with Gasteiger partial charge in [0.2, 0.25) is 5.91 Å². The van der Waals surface area contributed by atoms with Crippen molar-refractivity contribution < 1.29 is 13.9 Å². The first-order valence-corrected chi connectivity index (χ1v) is 9.45. The van der Waals surface area contributed by atoms with E-state index < -0.39 is 5.76 Å². The van der Waals surface area contributed by atoms with E-state index in [0.29, 0.717) is 43.2 Å². The molecule has 0 atom stereocenters. The van der Waals surface area contributed by atoms with Crippen molar-refractivity contribution in [2.45, 2.75) is 6.54 Å². The van der Waals surface area contributed by atoms with Crippen LogP contribution in [0.15, 0.2) is 45.7 Å². The Morgan fingerprint density at radius 3 is 2.86 bits per heavy atom. The maximum atomic E-state index is 12.2. The number of anilines is 2. The predicted molar refractivity (Wildman–Crippen MR) is 107 cm³/mol. The molecular formula is C19H22N6O4. The minimum absolute atomic E-state index is 0.0951. The standard InChI is InChI=1S/C19H22N6O4/c26-18(13-25-15-3-1-2-4-16(15)29-19(25)27)21-6-5-20-17-11-14(12-22-23-17)24-7-9-28-10-8-24/h1-4,11-12H,5-10,13H2,(H,20,23)(H,21,26). The number of rotatable bonds is 7. The van der Waals surface area contributed by atoms with Gasteiger partial charge in [0.15, 0.2) is 11.4 Å². The van der Waals surface area contributed by atoms with Crippen molar-refractivity contribution in [1.29, 1.82) is 0 Å². The third-order valence-corrected chi connectivity index (χ3v) is 4.65. The molecule has 0 saturated carbocycles. The number of ether oxygens (including phenoxy) is 1. The van der Waals surface area contributed by atoms with Crippen LogP contribution in [0, 0.1) is 0 Å². The maximum Gasteiger partial charge on any atom is 0.420 e. The summed E-state index contributed by atoms with van der Waals surface area (Å²) in [5.74, 6) is -0.177. The molecule has 10 nitrogen and oxygen atoms in total. The average molecular weight is 398 g/mol. The van der Waals surface area contributed by atoms with Gasteiger partial charge < -0.3 is 24.7 Å². The van der Waals surface area contributed by atoms with Gasteiger partial charge in [-0.15, -0.1) is 5.10 Å². The molecule has 3 heterocycles. The van der Waals surface area contributed by atoms with Crippen LogP contribution < -0.4 is 21.3 Å². The lowest BCUT2D eigenvalue weighted by atomic mass is 10.3. The van der Waals surface area contributed by atoms with E-state index in [1.807, 2.05) is 6.07 Å². The number of hydrogen-bond donors (Lipinski definition) is 2. The lowest BCUT2D eigenvalue weighted by Crippen LogP contribution is -2.36. The van der Waals surface area contributed by atoms with Gasteiger partial charge >= 0.3 is 5.76 Å². The number of carbonyl (C=O) groups excluding carboxylic acids is 1. The summed E-state index contributed by atoms with van der Waals surface area (Å²) < 4.78 is 11.8. The second kappa shape index (κ2) is 8.74. The molecule has 0 aliphatic carbocycles. The number of amides is 1. The third-order valence-electron chi connectivity index (χ3n) is 4.65. The molecule has 10 heteroatoms. The van der Waals surface area contributed by atoms with Crippen molar-refractivity contribution in [3.8, 4) is 0 Å². The fourth-order valence-corrected chi connectivity index (χ4v) is 3.19. The zero-order valence-electron chi connectivity index (χ0n) is 15.8. The Kier molecular flexibility index (Phi) is 5.71. The Morgan fingerprint density at radius 2 is 2.00 bits per heavy atom. The maximum absolute atomic E-state index is 12.2. The normalized spacial score (nSPS) is 14.1. The Balaban J connectivity index is 1.27. The summed E-state index contributed by atoms with van der Waals surface area (Å²) in [5.41, 5.74) is 2.05. The molecule has 0 unspecified atom stereocenters. The molecule has 1 amide bonds. The van der Waals surface area contributed by atoms with Gasteiger partial charge in [-0.05, 0) is 12.1 Å². The molecule has 1 saturated heterocycles. The van der Waals surface area contributed by atoms with Crippen LogP contribution in [0.4, 0.5) is 11.5 Å². The van der Waals surface area contributed by atoms with E-state index in [-0.39, 0.29) is 12.5 Å². The van der Waals surface area contributed by atoms with E-state index in [0.717, 1.165) is 18.8 Å². The van der Waals surface area contributed by atoms with Crippen molar-refractivity contribution in [2.24, 2.45) is 0 Å². The minimum Gasteiger partial charge on any atom is -0.408 e. The van der Waals surface area contributed by atoms with Gasteiger partial charge in [0.1, 0.15) is 6.54 Å². The Labute approximate surface area is 166 Å². The van der Waals surface area contributed by atoms with Crippen LogP contribution in [-0.2, 0) is 16.1 Å². The first-order chi connectivity index (χ1) is 14.2. The van der Waals surface area contributed by atoms with Crippen molar-refractivity contribution in [3.05, 3.63) is 47.1 Å². The minimum atomic E-state index is -0.547. The molecule has 1 fully saturated rings. The van der Waals surface area contributed by atoms with Gasteiger partial charge in [-0.3, -0.25) is 9.36 Å². The summed E-state index contributed by atoms with van der Waals surface area (Å²) in [6.07, 6.45) is 1.73. The lowest BCUT2D eigenvalue weighted by molar-refractivity contribution is -0.121. The Morgan fingerprint density at radius 1 is 1.17 bits per heavy atom. The quantitative estimate of drug-likeness (QED) is 0.552. The second-order valence-electron chi connectivity index (χ2n) is 6.60. The molecule has 3 aromatic rings. The van der Waals surface area contributed by atoms with Gasteiger partial charge in [-0.25, -0.2) is 4.79 Å². The van der Waals surface area contributed by atoms with Crippen molar-refractivity contribution in [2.75, 3.05) is 49.6 Å². The number of carbonyl (C=O) groups is 1. The molecule has 152 valence electrons. The summed E-state index contributed by atoms with van der Waals surface area (Å²) in [7, 11) is 0. The number of hydrogen-bond acceptors (Lipinski definition) is 8. The molecule has 29 heavy (non-hydrogen) atoms. The van der Waals surface area contributed by atoms with Crippen LogP contribution in [0.3, 0.4) is 0 Å². The third kappa shape index (κ3) is 4.54. The number of morpholine rings is 1. The summed E-state index contributed by atoms with van der Waals surface area (Å²) in [5, 5.41) is 14.0. The number of para-hydroxylation sites is 2. The second-order valence-corrected chi connectivity index (χ2v) is 6.60. The molecule has 2 N–H and O–H groups in total. The van der Waals surface area contributed by atoms with Crippen LogP contribution in [0.25, 0.3) is 11.1 Å². The molecule has 1 aliphatic heterocycles. The highest BCUT2D eigenvalue weighted by Crippen LogP contribution is 2.17. The fraction of sp³-hybridized carbons (Fsp3) is 0.368. The van der Waals surface area contributed by atoms with Crippen molar-refractivity contribution in [1.82, 2.24) is 20.1 Å². The highest BCUT2D eigenvalue weighted by Gasteiger charge is 2.13. The molecule has 0 radical (unpaired) electrons. The number of nitrogens with zero attached hydrogens (tertiary/aromatic N) is 4. The summed E-state index contributed by atoms with van der Waals surface area (Å²) >= 11 is 0. The summed E-state index contributed by atoms with van der Waals surface area (Å²) in [6, 6.07) is 8.94. The van der Waals surface area contributed by atoms with Gasteiger partial charge in [-0.2, -0.15) is 5.10 Å². The first kappa shape index (κ1) is 18.9. The molecule has 1 aliphatic rings. The van der Waals surface area contributed by atoms with Crippen LogP contribution in [0.1, 0.15) is 0 Å². The Hall–Kier alpha value is -3.40. The molecule has 0 bridgehead atoms. The van der Waals surface area contributed by atoms with E-state index >= 15 is 0 Å². The number of nitrogens with one attached hydrogen (secondary N) is 2. The van der Waals surface area contributed by atoms with E-state index in [1.54, 1.807) is 30.5 Å². The largest absolute Gasteiger partial charge is 0.420 e. The van der Waals surface area contributed by atoms with E-state index in [2.05, 4.69) is 25.7 Å². The molecular weight excluding hydrogens is 376 g/mol. The van der Waals surface area contributed by atoms with Gasteiger partial charge in [0.05, 0.1) is 30.6 Å². The van der Waals surface area contributed by atoms with Crippen LogP contribution in [0.5, 0.6) is 0 Å². The average Bonchev–Trinajstić information content (AvgIpc) is 3.07. The monoisotopic (exact) mass is 398 g/mol. The lowest BCUT2D eigenvalue weighted by Gasteiger charge is -2.28. The topological polar surface area (TPSA) is 115 Å². The summed E-state index contributed by atoms with van der Waals surface area (Å²) in [6.45, 7) is 3.81. The highest BCUT2D eigenvalue weighted by atomic mass is 16.5.